The number of hydrogen-bond donors (Lipinski definition) is 1. The highest BCUT2D eigenvalue weighted by atomic mass is 16.7. The maximum atomic E-state index is 13.0. The van der Waals surface area contributed by atoms with E-state index in [9.17, 15) is 19.5 Å². The fourth-order valence-electron chi connectivity index (χ4n) is 9.83. The van der Waals surface area contributed by atoms with Gasteiger partial charge in [0, 0.05) is 12.8 Å². The van der Waals surface area contributed by atoms with Crippen LogP contribution in [0.5, 0.6) is 0 Å². The quantitative estimate of drug-likeness (QED) is 0.0211. The monoisotopic (exact) mass is 1210 g/mol. The first-order valence-electron chi connectivity index (χ1n) is 35.7. The Balaban J connectivity index is 4.10. The van der Waals surface area contributed by atoms with E-state index >= 15 is 0 Å². The molecule has 0 heterocycles. The molecule has 0 bridgehead atoms. The number of aliphatic carboxylic acids is 1. The van der Waals surface area contributed by atoms with Crippen LogP contribution in [0.4, 0.5) is 0 Å². The van der Waals surface area contributed by atoms with Crippen LogP contribution < -0.4 is 0 Å². The number of unbranched alkanes of at least 4 members (excludes halogenated alkanes) is 30. The van der Waals surface area contributed by atoms with Gasteiger partial charge in [0.2, 0.25) is 0 Å². The van der Waals surface area contributed by atoms with Crippen LogP contribution in [-0.2, 0) is 33.3 Å². The van der Waals surface area contributed by atoms with Crippen molar-refractivity contribution >= 4 is 17.9 Å². The van der Waals surface area contributed by atoms with Crippen molar-refractivity contribution in [3.63, 3.8) is 0 Å². The lowest BCUT2D eigenvalue weighted by Gasteiger charge is -2.25. The van der Waals surface area contributed by atoms with E-state index < -0.39 is 24.3 Å². The second kappa shape index (κ2) is 67.6. The molecule has 0 amide bonds. The summed E-state index contributed by atoms with van der Waals surface area (Å²) >= 11 is 0. The summed E-state index contributed by atoms with van der Waals surface area (Å²) in [5.74, 6) is -2.00. The summed E-state index contributed by atoms with van der Waals surface area (Å²) < 4.78 is 23.0. The molecule has 0 aromatic carbocycles. The highest BCUT2D eigenvalue weighted by Crippen LogP contribution is 2.17. The van der Waals surface area contributed by atoms with Gasteiger partial charge in [-0.3, -0.25) is 9.59 Å². The zero-order valence-electron chi connectivity index (χ0n) is 56.9. The molecule has 0 aliphatic rings. The molecule has 0 spiro atoms. The number of nitrogens with zero attached hydrogens (tertiary/aromatic N) is 1. The number of allylic oxidation sites excluding steroid dienone is 20. The molecular formula is C78H134NO8+. The van der Waals surface area contributed by atoms with Crippen molar-refractivity contribution in [2.45, 2.75) is 309 Å². The van der Waals surface area contributed by atoms with E-state index in [2.05, 4.69) is 135 Å². The number of carboxylic acid groups (broad SMARTS) is 1. The van der Waals surface area contributed by atoms with E-state index in [0.29, 0.717) is 17.4 Å². The molecule has 0 rings (SSSR count). The van der Waals surface area contributed by atoms with Gasteiger partial charge >= 0.3 is 17.9 Å². The number of hydrogen-bond acceptors (Lipinski definition) is 7. The Hall–Kier alpha value is -4.31. The number of carboxylic acids is 1. The van der Waals surface area contributed by atoms with Crippen LogP contribution in [0.3, 0.4) is 0 Å². The summed E-state index contributed by atoms with van der Waals surface area (Å²) in [4.78, 5) is 37.7. The van der Waals surface area contributed by atoms with E-state index in [1.807, 2.05) is 21.1 Å². The number of likely N-dealkylation sites (N-methyl/N-ethyl adjacent to an activating group) is 1. The zero-order chi connectivity index (χ0) is 63.3. The van der Waals surface area contributed by atoms with Crippen molar-refractivity contribution in [3.8, 4) is 0 Å². The number of carbonyl (C=O) groups excluding carboxylic acids is 2. The van der Waals surface area contributed by atoms with E-state index in [-0.39, 0.29) is 32.2 Å². The molecule has 9 heteroatoms. The van der Waals surface area contributed by atoms with Gasteiger partial charge in [-0.2, -0.15) is 0 Å². The predicted molar refractivity (Wildman–Crippen MR) is 373 cm³/mol. The molecular weight excluding hydrogens is 1080 g/mol. The fraction of sp³-hybridized carbons (Fsp3) is 0.705. The summed E-state index contributed by atoms with van der Waals surface area (Å²) in [5, 5.41) is 9.76. The molecule has 0 aromatic rings. The highest BCUT2D eigenvalue weighted by Gasteiger charge is 2.25. The highest BCUT2D eigenvalue weighted by molar-refractivity contribution is 5.71. The Morgan fingerprint density at radius 1 is 0.345 bits per heavy atom. The van der Waals surface area contributed by atoms with E-state index in [0.717, 1.165) is 103 Å². The van der Waals surface area contributed by atoms with Gasteiger partial charge in [0.15, 0.2) is 6.10 Å². The number of carbonyl (C=O) groups is 3. The Morgan fingerprint density at radius 2 is 0.621 bits per heavy atom. The van der Waals surface area contributed by atoms with Crippen LogP contribution in [0.1, 0.15) is 296 Å². The zero-order valence-corrected chi connectivity index (χ0v) is 56.9. The third-order valence-electron chi connectivity index (χ3n) is 15.2. The molecule has 0 radical (unpaired) electrons. The van der Waals surface area contributed by atoms with Gasteiger partial charge in [0.1, 0.15) is 13.2 Å². The van der Waals surface area contributed by atoms with Crippen LogP contribution in [0.25, 0.3) is 0 Å². The van der Waals surface area contributed by atoms with Crippen LogP contribution in [0.15, 0.2) is 122 Å². The summed E-state index contributed by atoms with van der Waals surface area (Å²) in [6.45, 7) is 4.67. The third-order valence-corrected chi connectivity index (χ3v) is 15.2. The van der Waals surface area contributed by atoms with Crippen LogP contribution in [-0.4, -0.2) is 87.4 Å². The van der Waals surface area contributed by atoms with Gasteiger partial charge < -0.3 is 28.5 Å². The molecule has 87 heavy (non-hydrogen) atoms. The van der Waals surface area contributed by atoms with Crippen molar-refractivity contribution in [1.82, 2.24) is 0 Å². The van der Waals surface area contributed by atoms with Crippen molar-refractivity contribution in [2.75, 3.05) is 47.5 Å². The molecule has 498 valence electrons. The van der Waals surface area contributed by atoms with Gasteiger partial charge in [-0.25, -0.2) is 4.79 Å². The minimum absolute atomic E-state index is 0.184. The van der Waals surface area contributed by atoms with Crippen molar-refractivity contribution in [1.29, 1.82) is 0 Å². The predicted octanol–water partition coefficient (Wildman–Crippen LogP) is 22.4. The standard InChI is InChI=1S/C78H133NO8/c1-6-8-10-12-14-16-18-20-22-24-26-28-30-32-34-36-37-38-39-41-43-45-47-49-51-53-55-57-59-61-63-65-67-69-76(81)87-74(73-86-78(77(82)83)84-71-70-79(3,4)5)72-85-75(80)68-66-64-62-60-58-56-54-52-50-48-46-44-42-40-35-33-31-29-27-25-23-21-19-17-15-13-11-9-7-2/h8-11,14-17,20-23,26-29,32-35,74,78H,6-7,12-13,18-19,24-25,30-31,36-73H2,1-5H3/p+1/b10-8-,11-9-,16-14-,17-15-,22-20-,23-21-,28-26-,29-27-,34-32-,35-33-. The number of rotatable bonds is 65. The summed E-state index contributed by atoms with van der Waals surface area (Å²) in [6, 6.07) is 0. The molecule has 1 N–H and O–H groups in total. The van der Waals surface area contributed by atoms with Gasteiger partial charge in [-0.05, 0) is 103 Å². The van der Waals surface area contributed by atoms with E-state index in [4.69, 9.17) is 18.9 Å². The average Bonchev–Trinajstić information content (AvgIpc) is 3.59. The van der Waals surface area contributed by atoms with Crippen molar-refractivity contribution in [2.24, 2.45) is 0 Å². The Labute approximate surface area is 536 Å². The molecule has 0 saturated heterocycles. The minimum Gasteiger partial charge on any atom is -0.477 e. The SMILES string of the molecule is CC/C=C\C/C=C\C/C=C\C/C=C\C/C=C\CCCCCCCCCCCCCCCCCCCC(=O)OC(COC(=O)CCCCCCCCCCCCCCC/C=C\C/C=C\C/C=C\C/C=C\C/C=C\CC)COC(OCC[N+](C)(C)C)C(=O)O. The molecule has 0 fully saturated rings. The van der Waals surface area contributed by atoms with Crippen LogP contribution in [0.2, 0.25) is 0 Å². The topological polar surface area (TPSA) is 108 Å². The molecule has 9 nitrogen and oxygen atoms in total. The smallest absolute Gasteiger partial charge is 0.361 e. The Bertz CT molecular complexity index is 1840. The Morgan fingerprint density at radius 3 is 0.920 bits per heavy atom. The van der Waals surface area contributed by atoms with Gasteiger partial charge in [0.05, 0.1) is 34.4 Å². The second-order valence-electron chi connectivity index (χ2n) is 24.8. The average molecular weight is 1210 g/mol. The number of ether oxygens (including phenoxy) is 4. The molecule has 2 atom stereocenters. The summed E-state index contributed by atoms with van der Waals surface area (Å²) in [7, 11) is 5.98. The fourth-order valence-corrected chi connectivity index (χ4v) is 9.83. The van der Waals surface area contributed by atoms with Crippen molar-refractivity contribution < 1.29 is 42.9 Å². The minimum atomic E-state index is -1.52. The maximum absolute atomic E-state index is 13.0. The van der Waals surface area contributed by atoms with E-state index in [1.165, 1.54) is 167 Å². The normalized spacial score (nSPS) is 13.4. The van der Waals surface area contributed by atoms with Gasteiger partial charge in [-0.1, -0.05) is 302 Å². The molecule has 0 aromatic heterocycles. The van der Waals surface area contributed by atoms with Gasteiger partial charge in [-0.15, -0.1) is 0 Å². The number of esters is 2. The Kier molecular flexibility index (Phi) is 64.3. The van der Waals surface area contributed by atoms with E-state index in [1.54, 1.807) is 0 Å². The lowest BCUT2D eigenvalue weighted by Crippen LogP contribution is -2.40. The first-order valence-corrected chi connectivity index (χ1v) is 35.7. The van der Waals surface area contributed by atoms with Crippen molar-refractivity contribution in [3.05, 3.63) is 122 Å². The van der Waals surface area contributed by atoms with Crippen LogP contribution >= 0.6 is 0 Å². The second-order valence-corrected chi connectivity index (χ2v) is 24.8. The molecule has 0 aliphatic heterocycles. The lowest BCUT2D eigenvalue weighted by molar-refractivity contribution is -0.870. The maximum Gasteiger partial charge on any atom is 0.361 e. The first-order chi connectivity index (χ1) is 42.6. The largest absolute Gasteiger partial charge is 0.477 e. The molecule has 0 saturated carbocycles. The molecule has 2 unspecified atom stereocenters. The number of quaternary nitrogens is 1. The van der Waals surface area contributed by atoms with Gasteiger partial charge in [0.25, 0.3) is 6.29 Å². The third kappa shape index (κ3) is 69.0. The summed E-state index contributed by atoms with van der Waals surface area (Å²) in [6.07, 6.45) is 93.1. The lowest BCUT2D eigenvalue weighted by atomic mass is 10.0. The van der Waals surface area contributed by atoms with Crippen LogP contribution in [0, 0.1) is 0 Å². The molecule has 0 aliphatic carbocycles. The summed E-state index contributed by atoms with van der Waals surface area (Å²) in [5.41, 5.74) is 0. The first kappa shape index (κ1) is 82.7.